The lowest BCUT2D eigenvalue weighted by molar-refractivity contribution is -0.134. The van der Waals surface area contributed by atoms with E-state index in [-0.39, 0.29) is 5.38 Å². The summed E-state index contributed by atoms with van der Waals surface area (Å²) in [6, 6.07) is 10.1. The van der Waals surface area contributed by atoms with Gasteiger partial charge in [-0.25, -0.2) is 0 Å². The Kier molecular flexibility index (Phi) is 3.20. The van der Waals surface area contributed by atoms with E-state index in [1.165, 1.54) is 0 Å². The molecular formula is C18H19ClO2. The number of halogens is 1. The normalized spacial score (nSPS) is 40.0. The third kappa shape index (κ3) is 1.85. The molecule has 3 heteroatoms. The zero-order valence-electron chi connectivity index (χ0n) is 11.9. The average Bonchev–Trinajstić information content (AvgIpc) is 3.12. The second-order valence-corrected chi connectivity index (χ2v) is 7.03. The molecule has 0 radical (unpaired) electrons. The monoisotopic (exact) mass is 302 g/mol. The van der Waals surface area contributed by atoms with Crippen LogP contribution >= 0.6 is 11.6 Å². The zero-order chi connectivity index (χ0) is 14.4. The first-order valence-electron chi connectivity index (χ1n) is 7.69. The van der Waals surface area contributed by atoms with Crippen LogP contribution in [0.15, 0.2) is 42.5 Å². The first-order valence-corrected chi connectivity index (χ1v) is 8.13. The molecule has 0 heterocycles. The van der Waals surface area contributed by atoms with E-state index in [1.807, 2.05) is 30.3 Å². The number of fused-ring (bicyclic) bond motifs is 5. The minimum absolute atomic E-state index is 0.0549. The number of carbonyl (C=O) groups is 1. The number of Topliss-reactive ketones (excluding diaryl/α,β-unsaturated/α-hetero) is 1. The van der Waals surface area contributed by atoms with Crippen molar-refractivity contribution >= 4 is 17.4 Å². The molecule has 0 spiro atoms. The van der Waals surface area contributed by atoms with Gasteiger partial charge in [-0.05, 0) is 29.7 Å². The smallest absolute Gasteiger partial charge is 0.143 e. The van der Waals surface area contributed by atoms with Gasteiger partial charge in [0.15, 0.2) is 0 Å². The molecule has 2 bridgehead atoms. The molecular weight excluding hydrogens is 284 g/mol. The lowest BCUT2D eigenvalue weighted by atomic mass is 9.71. The predicted octanol–water partition coefficient (Wildman–Crippen LogP) is 3.59. The van der Waals surface area contributed by atoms with E-state index in [4.69, 9.17) is 16.3 Å². The van der Waals surface area contributed by atoms with Crippen molar-refractivity contribution in [3.05, 3.63) is 48.0 Å². The van der Waals surface area contributed by atoms with Gasteiger partial charge in [0.05, 0.1) is 24.0 Å². The summed E-state index contributed by atoms with van der Waals surface area (Å²) in [5.74, 6) is 1.50. The first kappa shape index (κ1) is 13.5. The Morgan fingerprint density at radius 2 is 2.10 bits per heavy atom. The maximum Gasteiger partial charge on any atom is 0.143 e. The molecule has 0 amide bonds. The molecule has 110 valence electrons. The molecule has 5 atom stereocenters. The summed E-state index contributed by atoms with van der Waals surface area (Å²) in [5.41, 5.74) is 0.691. The molecule has 2 saturated carbocycles. The Hall–Kier alpha value is -1.12. The van der Waals surface area contributed by atoms with Gasteiger partial charge >= 0.3 is 0 Å². The van der Waals surface area contributed by atoms with Gasteiger partial charge in [0.25, 0.3) is 0 Å². The predicted molar refractivity (Wildman–Crippen MR) is 82.0 cm³/mol. The van der Waals surface area contributed by atoms with E-state index in [1.54, 1.807) is 0 Å². The maximum atomic E-state index is 12.6. The third-order valence-corrected chi connectivity index (χ3v) is 6.34. The molecule has 21 heavy (non-hydrogen) atoms. The number of allylic oxidation sites excluding steroid dienone is 2. The highest BCUT2D eigenvalue weighted by molar-refractivity contribution is 6.25. The van der Waals surface area contributed by atoms with Crippen molar-refractivity contribution < 1.29 is 9.53 Å². The minimum Gasteiger partial charge on any atom is -0.376 e. The van der Waals surface area contributed by atoms with Gasteiger partial charge in [0.1, 0.15) is 5.78 Å². The molecule has 1 aromatic carbocycles. The van der Waals surface area contributed by atoms with Gasteiger partial charge < -0.3 is 4.74 Å². The number of carbonyl (C=O) groups excluding carboxylic acids is 1. The average molecular weight is 303 g/mol. The number of ether oxygens (including phenoxy) is 1. The molecule has 0 N–H and O–H groups in total. The van der Waals surface area contributed by atoms with Crippen molar-refractivity contribution in [2.75, 3.05) is 6.61 Å². The van der Waals surface area contributed by atoms with Crippen LogP contribution in [0, 0.1) is 23.2 Å². The number of hydrogen-bond acceptors (Lipinski definition) is 2. The van der Waals surface area contributed by atoms with Crippen LogP contribution in [-0.4, -0.2) is 17.8 Å². The van der Waals surface area contributed by atoms with Crippen LogP contribution in [0.4, 0.5) is 0 Å². The van der Waals surface area contributed by atoms with Crippen LogP contribution < -0.4 is 0 Å². The fourth-order valence-corrected chi connectivity index (χ4v) is 5.24. The molecule has 3 aliphatic rings. The fourth-order valence-electron chi connectivity index (χ4n) is 4.63. The summed E-state index contributed by atoms with van der Waals surface area (Å²) >= 11 is 6.68. The van der Waals surface area contributed by atoms with Crippen LogP contribution in [0.3, 0.4) is 0 Å². The molecule has 0 saturated heterocycles. The number of alkyl halides is 1. The Morgan fingerprint density at radius 3 is 2.90 bits per heavy atom. The highest BCUT2D eigenvalue weighted by Crippen LogP contribution is 2.64. The van der Waals surface area contributed by atoms with Gasteiger partial charge in [-0.2, -0.15) is 0 Å². The molecule has 0 aromatic heterocycles. The van der Waals surface area contributed by atoms with Crippen molar-refractivity contribution in [2.24, 2.45) is 23.2 Å². The molecule has 1 aromatic rings. The summed E-state index contributed by atoms with van der Waals surface area (Å²) in [5, 5.41) is -0.0549. The molecule has 3 aliphatic carbocycles. The SMILES string of the molecule is O=C1CC2C3C=CCC3C1(COCc1ccccc1)C2Cl. The first-order chi connectivity index (χ1) is 10.2. The van der Waals surface area contributed by atoms with Crippen molar-refractivity contribution in [1.82, 2.24) is 0 Å². The number of benzene rings is 1. The summed E-state index contributed by atoms with van der Waals surface area (Å²) in [7, 11) is 0. The Morgan fingerprint density at radius 1 is 1.29 bits per heavy atom. The van der Waals surface area contributed by atoms with Crippen LogP contribution in [0.5, 0.6) is 0 Å². The highest BCUT2D eigenvalue weighted by Gasteiger charge is 2.68. The molecule has 2 nitrogen and oxygen atoms in total. The van der Waals surface area contributed by atoms with E-state index >= 15 is 0 Å². The number of rotatable bonds is 4. The molecule has 5 unspecified atom stereocenters. The third-order valence-electron chi connectivity index (χ3n) is 5.63. The van der Waals surface area contributed by atoms with Crippen LogP contribution in [0.1, 0.15) is 18.4 Å². The Bertz CT molecular complexity index is 582. The van der Waals surface area contributed by atoms with Gasteiger partial charge in [0, 0.05) is 6.42 Å². The quantitative estimate of drug-likeness (QED) is 0.627. The second kappa shape index (κ2) is 4.96. The van der Waals surface area contributed by atoms with Gasteiger partial charge in [-0.3, -0.25) is 4.79 Å². The van der Waals surface area contributed by atoms with E-state index < -0.39 is 5.41 Å². The fraction of sp³-hybridized carbons (Fsp3) is 0.500. The van der Waals surface area contributed by atoms with Crippen molar-refractivity contribution in [1.29, 1.82) is 0 Å². The van der Waals surface area contributed by atoms with Crippen LogP contribution in [0.25, 0.3) is 0 Å². The van der Waals surface area contributed by atoms with Crippen LogP contribution in [-0.2, 0) is 16.1 Å². The van der Waals surface area contributed by atoms with Crippen molar-refractivity contribution in [3.63, 3.8) is 0 Å². The lowest BCUT2D eigenvalue weighted by Crippen LogP contribution is -2.43. The molecule has 0 aliphatic heterocycles. The second-order valence-electron chi connectivity index (χ2n) is 6.56. The lowest BCUT2D eigenvalue weighted by Gasteiger charge is -2.35. The van der Waals surface area contributed by atoms with E-state index in [9.17, 15) is 4.79 Å². The van der Waals surface area contributed by atoms with E-state index in [2.05, 4.69) is 12.2 Å². The van der Waals surface area contributed by atoms with Gasteiger partial charge in [-0.15, -0.1) is 11.6 Å². The summed E-state index contributed by atoms with van der Waals surface area (Å²) in [6.45, 7) is 1.02. The van der Waals surface area contributed by atoms with Crippen molar-refractivity contribution in [2.45, 2.75) is 24.8 Å². The molecule has 4 rings (SSSR count). The standard InChI is InChI=1S/C18H19ClO2/c19-17-14-9-16(20)18(17,15-8-4-7-13(14)15)11-21-10-12-5-2-1-3-6-12/h1-7,13-15,17H,8-11H2. The van der Waals surface area contributed by atoms with Gasteiger partial charge in [-0.1, -0.05) is 42.5 Å². The topological polar surface area (TPSA) is 26.3 Å². The van der Waals surface area contributed by atoms with E-state index in [0.29, 0.717) is 43.2 Å². The number of ketones is 1. The molecule has 2 fully saturated rings. The maximum absolute atomic E-state index is 12.6. The largest absolute Gasteiger partial charge is 0.376 e. The van der Waals surface area contributed by atoms with Crippen LogP contribution in [0.2, 0.25) is 0 Å². The highest BCUT2D eigenvalue weighted by atomic mass is 35.5. The minimum atomic E-state index is -0.449. The number of hydrogen-bond donors (Lipinski definition) is 0. The van der Waals surface area contributed by atoms with Crippen molar-refractivity contribution in [3.8, 4) is 0 Å². The Labute approximate surface area is 130 Å². The zero-order valence-corrected chi connectivity index (χ0v) is 12.6. The van der Waals surface area contributed by atoms with E-state index in [0.717, 1.165) is 12.0 Å². The summed E-state index contributed by atoms with van der Waals surface area (Å²) in [4.78, 5) is 12.6. The Balaban J connectivity index is 1.51. The van der Waals surface area contributed by atoms with Gasteiger partial charge in [0.2, 0.25) is 0 Å². The summed E-state index contributed by atoms with van der Waals surface area (Å²) in [6.07, 6.45) is 6.10. The summed E-state index contributed by atoms with van der Waals surface area (Å²) < 4.78 is 5.94.